The summed E-state index contributed by atoms with van der Waals surface area (Å²) >= 11 is 6.31. The summed E-state index contributed by atoms with van der Waals surface area (Å²) in [6, 6.07) is 8.16. The molecule has 1 aliphatic heterocycles. The molecule has 1 saturated heterocycles. The van der Waals surface area contributed by atoms with E-state index in [0.717, 1.165) is 44.0 Å². The second-order valence-electron chi connectivity index (χ2n) is 5.57. The van der Waals surface area contributed by atoms with Gasteiger partial charge in [0.1, 0.15) is 0 Å². The number of halogens is 1. The van der Waals surface area contributed by atoms with Crippen molar-refractivity contribution in [1.82, 2.24) is 5.32 Å². The molecule has 2 unspecified atom stereocenters. The van der Waals surface area contributed by atoms with E-state index >= 15 is 0 Å². The molecule has 1 fully saturated rings. The van der Waals surface area contributed by atoms with Crippen molar-refractivity contribution >= 4 is 11.6 Å². The van der Waals surface area contributed by atoms with Crippen LogP contribution >= 0.6 is 11.6 Å². The first-order chi connectivity index (χ1) is 9.18. The molecule has 0 bridgehead atoms. The van der Waals surface area contributed by atoms with Gasteiger partial charge < -0.3 is 10.1 Å². The molecule has 0 aliphatic carbocycles. The summed E-state index contributed by atoms with van der Waals surface area (Å²) in [5, 5.41) is 4.44. The minimum Gasteiger partial charge on any atom is -0.378 e. The molecule has 1 aliphatic rings. The third kappa shape index (κ3) is 3.50. The number of hydrogen-bond acceptors (Lipinski definition) is 2. The summed E-state index contributed by atoms with van der Waals surface area (Å²) in [5.74, 6) is 0. The second kappa shape index (κ2) is 6.74. The molecule has 0 radical (unpaired) electrons. The Morgan fingerprint density at radius 2 is 2.21 bits per heavy atom. The molecule has 2 rings (SSSR count). The number of benzene rings is 1. The molecule has 0 spiro atoms. The minimum absolute atomic E-state index is 0.181. The van der Waals surface area contributed by atoms with E-state index in [2.05, 4.69) is 31.3 Å². The molecule has 1 aromatic carbocycles. The molecule has 1 aromatic rings. The van der Waals surface area contributed by atoms with E-state index in [4.69, 9.17) is 16.3 Å². The lowest BCUT2D eigenvalue weighted by molar-refractivity contribution is 0.0631. The molecule has 3 heteroatoms. The number of nitrogens with one attached hydrogen (secondary N) is 1. The fraction of sp³-hybridized carbons (Fsp3) is 0.625. The molecule has 2 nitrogen and oxygen atoms in total. The Balaban J connectivity index is 2.12. The van der Waals surface area contributed by atoms with Crippen LogP contribution in [0.1, 0.15) is 32.3 Å². The smallest absolute Gasteiger partial charge is 0.0619 e. The summed E-state index contributed by atoms with van der Waals surface area (Å²) in [4.78, 5) is 0. The first-order valence-corrected chi connectivity index (χ1v) is 7.61. The summed E-state index contributed by atoms with van der Waals surface area (Å²) < 4.78 is 5.83. The van der Waals surface area contributed by atoms with Crippen LogP contribution < -0.4 is 5.32 Å². The standard InChI is InChI=1S/C16H24ClNO/c1-3-9-18-12-16(8-10-19-13(16)2)11-14-6-4-5-7-15(14)17/h4-7,13,18H,3,8-12H2,1-2H3. The largest absolute Gasteiger partial charge is 0.378 e. The maximum atomic E-state index is 6.31. The van der Waals surface area contributed by atoms with Crippen LogP contribution in [0, 0.1) is 5.41 Å². The first kappa shape index (κ1) is 14.8. The highest BCUT2D eigenvalue weighted by atomic mass is 35.5. The normalized spacial score (nSPS) is 26.8. The van der Waals surface area contributed by atoms with Crippen LogP contribution in [0.2, 0.25) is 5.02 Å². The van der Waals surface area contributed by atoms with Crippen molar-refractivity contribution in [2.75, 3.05) is 19.7 Å². The van der Waals surface area contributed by atoms with Crippen LogP contribution in [-0.4, -0.2) is 25.8 Å². The van der Waals surface area contributed by atoms with Gasteiger partial charge in [-0.3, -0.25) is 0 Å². The van der Waals surface area contributed by atoms with E-state index < -0.39 is 0 Å². The van der Waals surface area contributed by atoms with E-state index in [1.807, 2.05) is 12.1 Å². The van der Waals surface area contributed by atoms with Crippen LogP contribution in [0.15, 0.2) is 24.3 Å². The summed E-state index contributed by atoms with van der Waals surface area (Å²) in [6.45, 7) is 7.32. The second-order valence-corrected chi connectivity index (χ2v) is 5.98. The van der Waals surface area contributed by atoms with E-state index in [1.54, 1.807) is 0 Å². The van der Waals surface area contributed by atoms with E-state index in [-0.39, 0.29) is 11.5 Å². The van der Waals surface area contributed by atoms with Crippen molar-refractivity contribution in [3.05, 3.63) is 34.9 Å². The monoisotopic (exact) mass is 281 g/mol. The summed E-state index contributed by atoms with van der Waals surface area (Å²) in [5.41, 5.74) is 1.42. The lowest BCUT2D eigenvalue weighted by atomic mass is 9.76. The Bertz CT molecular complexity index is 409. The zero-order chi connectivity index (χ0) is 13.7. The zero-order valence-corrected chi connectivity index (χ0v) is 12.7. The first-order valence-electron chi connectivity index (χ1n) is 7.24. The number of ether oxygens (including phenoxy) is 1. The number of hydrogen-bond donors (Lipinski definition) is 1. The average Bonchev–Trinajstić information content (AvgIpc) is 2.75. The summed E-state index contributed by atoms with van der Waals surface area (Å²) in [7, 11) is 0. The lowest BCUT2D eigenvalue weighted by Crippen LogP contribution is -2.41. The van der Waals surface area contributed by atoms with Gasteiger partial charge in [-0.1, -0.05) is 36.7 Å². The number of rotatable bonds is 6. The highest BCUT2D eigenvalue weighted by molar-refractivity contribution is 6.31. The molecule has 106 valence electrons. The molecule has 2 atom stereocenters. The van der Waals surface area contributed by atoms with Gasteiger partial charge in [0, 0.05) is 23.6 Å². The van der Waals surface area contributed by atoms with Crippen LogP contribution in [0.25, 0.3) is 0 Å². The van der Waals surface area contributed by atoms with Gasteiger partial charge in [-0.05, 0) is 44.4 Å². The Morgan fingerprint density at radius 1 is 1.42 bits per heavy atom. The third-order valence-corrected chi connectivity index (χ3v) is 4.60. The van der Waals surface area contributed by atoms with Crippen molar-refractivity contribution in [2.45, 2.75) is 39.2 Å². The van der Waals surface area contributed by atoms with Crippen molar-refractivity contribution in [3.63, 3.8) is 0 Å². The quantitative estimate of drug-likeness (QED) is 0.803. The van der Waals surface area contributed by atoms with Gasteiger partial charge in [0.15, 0.2) is 0 Å². The van der Waals surface area contributed by atoms with Crippen LogP contribution in [0.5, 0.6) is 0 Å². The third-order valence-electron chi connectivity index (χ3n) is 4.23. The van der Waals surface area contributed by atoms with Crippen LogP contribution in [0.4, 0.5) is 0 Å². The lowest BCUT2D eigenvalue weighted by Gasteiger charge is -2.33. The SMILES string of the molecule is CCCNCC1(Cc2ccccc2Cl)CCOC1C. The fourth-order valence-corrected chi connectivity index (χ4v) is 3.08. The van der Waals surface area contributed by atoms with Crippen LogP contribution in [-0.2, 0) is 11.2 Å². The Hall–Kier alpha value is -0.570. The van der Waals surface area contributed by atoms with Gasteiger partial charge in [0.05, 0.1) is 6.10 Å². The van der Waals surface area contributed by atoms with Gasteiger partial charge >= 0.3 is 0 Å². The fourth-order valence-electron chi connectivity index (χ4n) is 2.88. The molecule has 0 saturated carbocycles. The zero-order valence-electron chi connectivity index (χ0n) is 11.9. The van der Waals surface area contributed by atoms with Crippen molar-refractivity contribution in [3.8, 4) is 0 Å². The highest BCUT2D eigenvalue weighted by Crippen LogP contribution is 2.39. The van der Waals surface area contributed by atoms with Gasteiger partial charge in [-0.25, -0.2) is 0 Å². The minimum atomic E-state index is 0.181. The predicted molar refractivity (Wildman–Crippen MR) is 80.8 cm³/mol. The van der Waals surface area contributed by atoms with Crippen molar-refractivity contribution in [2.24, 2.45) is 5.41 Å². The molecular formula is C16H24ClNO. The maximum Gasteiger partial charge on any atom is 0.0619 e. The van der Waals surface area contributed by atoms with Gasteiger partial charge in [0.2, 0.25) is 0 Å². The topological polar surface area (TPSA) is 21.3 Å². The molecule has 19 heavy (non-hydrogen) atoms. The maximum absolute atomic E-state index is 6.31. The van der Waals surface area contributed by atoms with Gasteiger partial charge in [-0.15, -0.1) is 0 Å². The molecule has 1 N–H and O–H groups in total. The van der Waals surface area contributed by atoms with Crippen molar-refractivity contribution in [1.29, 1.82) is 0 Å². The average molecular weight is 282 g/mol. The van der Waals surface area contributed by atoms with Gasteiger partial charge in [-0.2, -0.15) is 0 Å². The molecular weight excluding hydrogens is 258 g/mol. The van der Waals surface area contributed by atoms with Gasteiger partial charge in [0.25, 0.3) is 0 Å². The van der Waals surface area contributed by atoms with Crippen molar-refractivity contribution < 1.29 is 4.74 Å². The van der Waals surface area contributed by atoms with E-state index in [1.165, 1.54) is 5.56 Å². The highest BCUT2D eigenvalue weighted by Gasteiger charge is 2.41. The molecule has 1 heterocycles. The van der Waals surface area contributed by atoms with E-state index in [9.17, 15) is 0 Å². The predicted octanol–water partition coefficient (Wildman–Crippen LogP) is 3.68. The Labute approximate surface area is 121 Å². The van der Waals surface area contributed by atoms with Crippen LogP contribution in [0.3, 0.4) is 0 Å². The summed E-state index contributed by atoms with van der Waals surface area (Å²) in [6.07, 6.45) is 3.55. The molecule has 0 amide bonds. The Kier molecular flexibility index (Phi) is 5.26. The molecule has 0 aromatic heterocycles. The Morgan fingerprint density at radius 3 is 2.84 bits per heavy atom. The van der Waals surface area contributed by atoms with E-state index in [0.29, 0.717) is 0 Å².